The minimum absolute atomic E-state index is 0.992. The lowest BCUT2D eigenvalue weighted by Crippen LogP contribution is -1.92. The van der Waals surface area contributed by atoms with Gasteiger partial charge in [0.2, 0.25) is 0 Å². The Labute approximate surface area is 270 Å². The fourth-order valence-corrected chi connectivity index (χ4v) is 7.18. The Morgan fingerprint density at radius 1 is 0.457 bits per heavy atom. The van der Waals surface area contributed by atoms with Gasteiger partial charge in [-0.2, -0.15) is 0 Å². The van der Waals surface area contributed by atoms with Crippen molar-refractivity contribution in [2.24, 2.45) is 0 Å². The van der Waals surface area contributed by atoms with Gasteiger partial charge in [0.15, 0.2) is 0 Å². The molecule has 0 aliphatic heterocycles. The average Bonchev–Trinajstić information content (AvgIpc) is 3.11. The van der Waals surface area contributed by atoms with Crippen LogP contribution in [0.25, 0.3) is 77.0 Å². The number of nitrogens with zero attached hydrogens (tertiary/aromatic N) is 1. The minimum atomic E-state index is 0.992. The van der Waals surface area contributed by atoms with Crippen LogP contribution < -0.4 is 0 Å². The molecule has 7 aromatic carbocycles. The van der Waals surface area contributed by atoms with Crippen LogP contribution in [0.5, 0.6) is 0 Å². The van der Waals surface area contributed by atoms with Gasteiger partial charge in [0.05, 0.1) is 5.69 Å². The van der Waals surface area contributed by atoms with E-state index in [2.05, 4.69) is 146 Å². The van der Waals surface area contributed by atoms with Crippen LogP contribution in [0.3, 0.4) is 0 Å². The summed E-state index contributed by atoms with van der Waals surface area (Å²) in [5, 5.41) is 7.82. The third-order valence-electron chi connectivity index (χ3n) is 9.28. The lowest BCUT2D eigenvalue weighted by molar-refractivity contribution is 0.928. The van der Waals surface area contributed by atoms with E-state index in [1.165, 1.54) is 76.8 Å². The Bertz CT molecular complexity index is 2290. The fraction of sp³-hybridized carbons (Fsp3) is 0.0889. The lowest BCUT2D eigenvalue weighted by Gasteiger charge is -2.18. The van der Waals surface area contributed by atoms with E-state index in [1.807, 2.05) is 24.4 Å². The van der Waals surface area contributed by atoms with Crippen molar-refractivity contribution in [3.8, 4) is 44.6 Å². The zero-order chi connectivity index (χ0) is 31.0. The van der Waals surface area contributed by atoms with E-state index in [1.54, 1.807) is 0 Å². The predicted molar refractivity (Wildman–Crippen MR) is 197 cm³/mol. The van der Waals surface area contributed by atoms with Gasteiger partial charge in [-0.15, -0.1) is 0 Å². The number of aryl methyl sites for hydroxylation is 2. The number of aromatic nitrogens is 1. The number of pyridine rings is 1. The molecule has 0 unspecified atom stereocenters. The van der Waals surface area contributed by atoms with Gasteiger partial charge in [0.1, 0.15) is 0 Å². The van der Waals surface area contributed by atoms with Crippen LogP contribution >= 0.6 is 0 Å². The average molecular weight is 590 g/mol. The first-order valence-corrected chi connectivity index (χ1v) is 16.3. The zero-order valence-electron chi connectivity index (χ0n) is 26.3. The largest absolute Gasteiger partial charge is 0.256 e. The van der Waals surface area contributed by atoms with Gasteiger partial charge in [-0.1, -0.05) is 146 Å². The quantitative estimate of drug-likeness (QED) is 0.176. The highest BCUT2D eigenvalue weighted by molar-refractivity contribution is 6.21. The van der Waals surface area contributed by atoms with Gasteiger partial charge in [-0.25, -0.2) is 0 Å². The second kappa shape index (κ2) is 11.8. The van der Waals surface area contributed by atoms with Crippen molar-refractivity contribution < 1.29 is 0 Å². The molecular weight excluding hydrogens is 555 g/mol. The highest BCUT2D eigenvalue weighted by Gasteiger charge is 2.17. The maximum absolute atomic E-state index is 4.50. The molecule has 1 heterocycles. The highest BCUT2D eigenvalue weighted by atomic mass is 14.7. The molecule has 0 bridgehead atoms. The smallest absolute Gasteiger partial charge is 0.0701 e. The molecule has 0 N–H and O–H groups in total. The predicted octanol–water partition coefficient (Wildman–Crippen LogP) is 12.5. The van der Waals surface area contributed by atoms with Crippen molar-refractivity contribution in [2.45, 2.75) is 26.7 Å². The fourth-order valence-electron chi connectivity index (χ4n) is 7.18. The molecule has 0 fully saturated rings. The maximum Gasteiger partial charge on any atom is 0.0701 e. The van der Waals surface area contributed by atoms with Crippen molar-refractivity contribution in [1.82, 2.24) is 4.98 Å². The van der Waals surface area contributed by atoms with Crippen LogP contribution in [-0.2, 0) is 6.42 Å². The van der Waals surface area contributed by atoms with Crippen LogP contribution in [0.1, 0.15) is 24.5 Å². The van der Waals surface area contributed by atoms with Crippen molar-refractivity contribution in [2.75, 3.05) is 0 Å². The van der Waals surface area contributed by atoms with Crippen LogP contribution in [0.2, 0.25) is 0 Å². The summed E-state index contributed by atoms with van der Waals surface area (Å²) in [6.45, 7) is 4.47. The SMILES string of the molecule is CCCc1cc(C)cc2ccc(-c3c4ccccc4c(-c4ccc(-c5ccc(-c6ccccn6)cc5)cc4)c4ccccc34)cc12. The van der Waals surface area contributed by atoms with Crippen molar-refractivity contribution in [1.29, 1.82) is 0 Å². The molecule has 1 heteroatoms. The van der Waals surface area contributed by atoms with Crippen molar-refractivity contribution in [3.05, 3.63) is 163 Å². The van der Waals surface area contributed by atoms with Gasteiger partial charge in [0, 0.05) is 11.8 Å². The Kier molecular flexibility index (Phi) is 7.15. The molecule has 0 amide bonds. The first-order chi connectivity index (χ1) is 22.7. The number of benzene rings is 7. The number of fused-ring (bicyclic) bond motifs is 3. The monoisotopic (exact) mass is 589 g/mol. The Hall–Kier alpha value is -5.53. The summed E-state index contributed by atoms with van der Waals surface area (Å²) < 4.78 is 0. The standard InChI is InChI=1S/C45H35N/c1-3-10-35-27-30(2)28-36-24-25-37(29-42(35)36)45-40-13-6-4-11-38(40)44(39-12-5-7-14-41(39)45)34-22-18-32(19-23-34)31-16-20-33(21-17-31)43-15-8-9-26-46-43/h4-9,11-29H,3,10H2,1-2H3. The van der Waals surface area contributed by atoms with Crippen molar-refractivity contribution >= 4 is 32.3 Å². The molecule has 0 spiro atoms. The first-order valence-electron chi connectivity index (χ1n) is 16.3. The summed E-state index contributed by atoms with van der Waals surface area (Å²) in [6, 6.07) is 53.4. The van der Waals surface area contributed by atoms with E-state index in [0.29, 0.717) is 0 Å². The van der Waals surface area contributed by atoms with E-state index in [4.69, 9.17) is 0 Å². The van der Waals surface area contributed by atoms with E-state index in [0.717, 1.165) is 24.1 Å². The molecule has 8 rings (SSSR count). The molecule has 1 nitrogen and oxygen atoms in total. The first kappa shape index (κ1) is 28.0. The maximum atomic E-state index is 4.50. The number of hydrogen-bond donors (Lipinski definition) is 0. The van der Waals surface area contributed by atoms with E-state index >= 15 is 0 Å². The summed E-state index contributed by atoms with van der Waals surface area (Å²) >= 11 is 0. The zero-order valence-corrected chi connectivity index (χ0v) is 26.3. The molecule has 0 saturated heterocycles. The molecule has 8 aromatic rings. The third-order valence-corrected chi connectivity index (χ3v) is 9.28. The molecule has 0 radical (unpaired) electrons. The Morgan fingerprint density at radius 3 is 1.54 bits per heavy atom. The van der Waals surface area contributed by atoms with Crippen LogP contribution in [0.4, 0.5) is 0 Å². The second-order valence-corrected chi connectivity index (χ2v) is 12.3. The van der Waals surface area contributed by atoms with Crippen LogP contribution in [0.15, 0.2) is 152 Å². The molecule has 0 saturated carbocycles. The summed E-state index contributed by atoms with van der Waals surface area (Å²) in [7, 11) is 0. The molecule has 0 aliphatic rings. The van der Waals surface area contributed by atoms with Crippen LogP contribution in [-0.4, -0.2) is 4.98 Å². The molecule has 0 atom stereocenters. The molecule has 46 heavy (non-hydrogen) atoms. The van der Waals surface area contributed by atoms with Gasteiger partial charge < -0.3 is 0 Å². The molecular formula is C45H35N. The molecule has 0 aliphatic carbocycles. The highest BCUT2D eigenvalue weighted by Crippen LogP contribution is 2.44. The normalized spacial score (nSPS) is 11.4. The Morgan fingerprint density at radius 2 is 0.978 bits per heavy atom. The second-order valence-electron chi connectivity index (χ2n) is 12.3. The summed E-state index contributed by atoms with van der Waals surface area (Å²) in [5.74, 6) is 0. The van der Waals surface area contributed by atoms with Crippen molar-refractivity contribution in [3.63, 3.8) is 0 Å². The third kappa shape index (κ3) is 4.95. The number of hydrogen-bond acceptors (Lipinski definition) is 1. The number of rotatable bonds is 6. The lowest BCUT2D eigenvalue weighted by atomic mass is 9.85. The summed E-state index contributed by atoms with van der Waals surface area (Å²) in [4.78, 5) is 4.50. The minimum Gasteiger partial charge on any atom is -0.256 e. The summed E-state index contributed by atoms with van der Waals surface area (Å²) in [6.07, 6.45) is 4.07. The Balaban J connectivity index is 1.26. The molecule has 1 aromatic heterocycles. The van der Waals surface area contributed by atoms with Gasteiger partial charge in [-0.05, 0) is 103 Å². The topological polar surface area (TPSA) is 12.9 Å². The van der Waals surface area contributed by atoms with Crippen LogP contribution in [0, 0.1) is 6.92 Å². The molecule has 220 valence electrons. The van der Waals surface area contributed by atoms with E-state index < -0.39 is 0 Å². The van der Waals surface area contributed by atoms with Gasteiger partial charge in [-0.3, -0.25) is 4.98 Å². The van der Waals surface area contributed by atoms with E-state index in [-0.39, 0.29) is 0 Å². The summed E-state index contributed by atoms with van der Waals surface area (Å²) in [5.41, 5.74) is 12.4. The van der Waals surface area contributed by atoms with E-state index in [9.17, 15) is 0 Å². The van der Waals surface area contributed by atoms with Gasteiger partial charge >= 0.3 is 0 Å². The van der Waals surface area contributed by atoms with Gasteiger partial charge in [0.25, 0.3) is 0 Å².